The van der Waals surface area contributed by atoms with Gasteiger partial charge in [-0.1, -0.05) is 62.9 Å². The molecule has 0 fully saturated rings. The largest absolute Gasteiger partial charge is 0.316 e. The van der Waals surface area contributed by atoms with E-state index in [0.717, 1.165) is 6.42 Å². The third-order valence-electron chi connectivity index (χ3n) is 3.72. The average Bonchev–Trinajstić information content (AvgIpc) is 2.88. The number of carbonyl (C=O) groups excluding carboxylic acids is 1. The van der Waals surface area contributed by atoms with Gasteiger partial charge < -0.3 is 4.57 Å². The lowest BCUT2D eigenvalue weighted by atomic mass is 10.1. The van der Waals surface area contributed by atoms with Gasteiger partial charge in [0.05, 0.1) is 6.54 Å². The number of aromatic nitrogens is 1. The van der Waals surface area contributed by atoms with Crippen LogP contribution in [0.3, 0.4) is 0 Å². The molecule has 0 spiro atoms. The Kier molecular flexibility index (Phi) is 9.10. The van der Waals surface area contributed by atoms with Crippen molar-refractivity contribution in [1.82, 2.24) is 4.57 Å². The summed E-state index contributed by atoms with van der Waals surface area (Å²) in [5, 5.41) is 8.02. The Morgan fingerprint density at radius 3 is 2.52 bits per heavy atom. The molecule has 1 heterocycles. The van der Waals surface area contributed by atoms with Crippen molar-refractivity contribution >= 4 is 34.1 Å². The smallest absolute Gasteiger partial charge is 0.182 e. The van der Waals surface area contributed by atoms with Crippen molar-refractivity contribution in [3.05, 3.63) is 51.8 Å². The third-order valence-corrected chi connectivity index (χ3v) is 4.72. The second kappa shape index (κ2) is 10.6. The Morgan fingerprint density at radius 2 is 1.83 bits per heavy atom. The fourth-order valence-corrected chi connectivity index (χ4v) is 3.36. The molecule has 2 aromatic rings. The molecule has 0 bridgehead atoms. The van der Waals surface area contributed by atoms with E-state index >= 15 is 0 Å². The van der Waals surface area contributed by atoms with Gasteiger partial charge in [0.2, 0.25) is 0 Å². The molecule has 1 N–H and O–H groups in total. The van der Waals surface area contributed by atoms with Crippen LogP contribution in [0.2, 0.25) is 0 Å². The lowest BCUT2D eigenvalue weighted by Gasteiger charge is -2.02. The number of unbranched alkanes of at least 4 members (excludes halogenated alkanes) is 4. The normalized spacial score (nSPS) is 10.3. The van der Waals surface area contributed by atoms with Gasteiger partial charge in [0.25, 0.3) is 0 Å². The van der Waals surface area contributed by atoms with Crippen LogP contribution in [-0.4, -0.2) is 10.4 Å². The number of aryl methyl sites for hydroxylation is 1. The Labute approximate surface area is 152 Å². The van der Waals surface area contributed by atoms with Crippen LogP contribution in [0.25, 0.3) is 0 Å². The van der Waals surface area contributed by atoms with Crippen LogP contribution in [0.5, 0.6) is 0 Å². The van der Waals surface area contributed by atoms with E-state index in [1.807, 2.05) is 36.5 Å². The van der Waals surface area contributed by atoms with Crippen molar-refractivity contribution in [3.63, 3.8) is 0 Å². The highest BCUT2D eigenvalue weighted by molar-refractivity contribution is 8.93. The minimum atomic E-state index is 0. The summed E-state index contributed by atoms with van der Waals surface area (Å²) in [4.78, 5) is 13.9. The SMILES string of the molecule is Br.CCCCCCCc1cn(CC(=O)c2ccccc2)c(=N)s1. The molecule has 0 aliphatic rings. The van der Waals surface area contributed by atoms with Crippen LogP contribution in [0.4, 0.5) is 0 Å². The number of halogens is 1. The maximum absolute atomic E-state index is 12.2. The van der Waals surface area contributed by atoms with Crippen LogP contribution >= 0.6 is 28.3 Å². The molecule has 0 aliphatic heterocycles. The van der Waals surface area contributed by atoms with E-state index in [1.54, 1.807) is 4.57 Å². The van der Waals surface area contributed by atoms with Gasteiger partial charge >= 0.3 is 0 Å². The van der Waals surface area contributed by atoms with Gasteiger partial charge in [-0.05, 0) is 12.8 Å². The number of rotatable bonds is 9. The molecule has 0 atom stereocenters. The summed E-state index contributed by atoms with van der Waals surface area (Å²) in [7, 11) is 0. The molecule has 23 heavy (non-hydrogen) atoms. The van der Waals surface area contributed by atoms with Crippen LogP contribution in [0.1, 0.15) is 54.3 Å². The summed E-state index contributed by atoms with van der Waals surface area (Å²) >= 11 is 1.49. The number of nitrogens with one attached hydrogen (secondary N) is 1. The first-order chi connectivity index (χ1) is 10.7. The molecule has 1 aromatic carbocycles. The zero-order chi connectivity index (χ0) is 15.8. The molecule has 0 saturated heterocycles. The number of benzene rings is 1. The Balaban J connectivity index is 0.00000264. The van der Waals surface area contributed by atoms with E-state index in [0.29, 0.717) is 10.4 Å². The van der Waals surface area contributed by atoms with E-state index in [9.17, 15) is 4.79 Å². The number of Topliss-reactive ketones (excluding diaryl/α,β-unsaturated/α-hetero) is 1. The molecule has 0 unspecified atom stereocenters. The maximum atomic E-state index is 12.2. The molecular formula is C18H25BrN2OS. The minimum Gasteiger partial charge on any atom is -0.316 e. The second-order valence-electron chi connectivity index (χ2n) is 5.58. The number of hydrogen-bond acceptors (Lipinski definition) is 3. The molecule has 3 nitrogen and oxygen atoms in total. The topological polar surface area (TPSA) is 45.9 Å². The fourth-order valence-electron chi connectivity index (χ4n) is 2.45. The van der Waals surface area contributed by atoms with Gasteiger partial charge in [0, 0.05) is 16.6 Å². The molecule has 2 rings (SSSR count). The lowest BCUT2D eigenvalue weighted by molar-refractivity contribution is 0.0971. The van der Waals surface area contributed by atoms with Gasteiger partial charge in [-0.15, -0.1) is 28.3 Å². The minimum absolute atomic E-state index is 0. The summed E-state index contributed by atoms with van der Waals surface area (Å²) in [5.74, 6) is 0.0615. The monoisotopic (exact) mass is 396 g/mol. The second-order valence-corrected chi connectivity index (χ2v) is 6.70. The Hall–Kier alpha value is -1.20. The quantitative estimate of drug-likeness (QED) is 0.470. The standard InChI is InChI=1S/C18H24N2OS.BrH/c1-2-3-4-5-9-12-16-13-20(18(19)22-16)14-17(21)15-10-7-6-8-11-15;/h6-8,10-11,13,19H,2-5,9,12,14H2,1H3;1H. The third kappa shape index (κ3) is 6.43. The summed E-state index contributed by atoms with van der Waals surface area (Å²) in [6, 6.07) is 9.30. The van der Waals surface area contributed by atoms with Crippen LogP contribution in [0.15, 0.2) is 36.5 Å². The number of carbonyl (C=O) groups is 1. The van der Waals surface area contributed by atoms with E-state index in [1.165, 1.54) is 48.3 Å². The van der Waals surface area contributed by atoms with E-state index in [2.05, 4.69) is 6.92 Å². The summed E-state index contributed by atoms with van der Waals surface area (Å²) in [6.07, 6.45) is 9.29. The van der Waals surface area contributed by atoms with Gasteiger partial charge in [-0.2, -0.15) is 0 Å². The Morgan fingerprint density at radius 1 is 1.13 bits per heavy atom. The van der Waals surface area contributed by atoms with Gasteiger partial charge in [-0.3, -0.25) is 10.2 Å². The molecule has 0 radical (unpaired) electrons. The summed E-state index contributed by atoms with van der Waals surface area (Å²) < 4.78 is 1.77. The first-order valence-electron chi connectivity index (χ1n) is 8.02. The summed E-state index contributed by atoms with van der Waals surface area (Å²) in [6.45, 7) is 2.48. The molecular weight excluding hydrogens is 372 g/mol. The highest BCUT2D eigenvalue weighted by Crippen LogP contribution is 2.12. The van der Waals surface area contributed by atoms with Crippen LogP contribution < -0.4 is 4.80 Å². The predicted molar refractivity (Wildman–Crippen MR) is 102 cm³/mol. The van der Waals surface area contributed by atoms with Crippen LogP contribution in [0, 0.1) is 5.41 Å². The number of ketones is 1. The van der Waals surface area contributed by atoms with Gasteiger partial charge in [-0.25, -0.2) is 0 Å². The van der Waals surface area contributed by atoms with Crippen LogP contribution in [-0.2, 0) is 13.0 Å². The highest BCUT2D eigenvalue weighted by atomic mass is 79.9. The molecule has 5 heteroatoms. The van der Waals surface area contributed by atoms with E-state index in [4.69, 9.17) is 5.41 Å². The van der Waals surface area contributed by atoms with E-state index in [-0.39, 0.29) is 29.3 Å². The van der Waals surface area contributed by atoms with Crippen molar-refractivity contribution in [2.75, 3.05) is 0 Å². The first-order valence-corrected chi connectivity index (χ1v) is 8.84. The van der Waals surface area contributed by atoms with E-state index < -0.39 is 0 Å². The van der Waals surface area contributed by atoms with Crippen molar-refractivity contribution in [2.45, 2.75) is 52.0 Å². The van der Waals surface area contributed by atoms with Crippen molar-refractivity contribution in [2.24, 2.45) is 0 Å². The zero-order valence-corrected chi connectivity index (χ0v) is 16.1. The Bertz CT molecular complexity index is 649. The lowest BCUT2D eigenvalue weighted by Crippen LogP contribution is -2.18. The molecule has 0 amide bonds. The number of thiazole rings is 1. The predicted octanol–water partition coefficient (Wildman–Crippen LogP) is 5.00. The van der Waals surface area contributed by atoms with Crippen molar-refractivity contribution < 1.29 is 4.79 Å². The first kappa shape index (κ1) is 19.8. The average molecular weight is 397 g/mol. The number of hydrogen-bond donors (Lipinski definition) is 1. The summed E-state index contributed by atoms with van der Waals surface area (Å²) in [5.41, 5.74) is 0.710. The highest BCUT2D eigenvalue weighted by Gasteiger charge is 2.08. The van der Waals surface area contributed by atoms with Gasteiger partial charge in [0.15, 0.2) is 10.6 Å². The molecule has 1 aromatic heterocycles. The maximum Gasteiger partial charge on any atom is 0.182 e. The van der Waals surface area contributed by atoms with Crippen molar-refractivity contribution in [1.29, 1.82) is 5.41 Å². The van der Waals surface area contributed by atoms with Crippen molar-refractivity contribution in [3.8, 4) is 0 Å². The molecule has 126 valence electrons. The molecule has 0 saturated carbocycles. The zero-order valence-electron chi connectivity index (χ0n) is 13.6. The molecule has 0 aliphatic carbocycles. The fraction of sp³-hybridized carbons (Fsp3) is 0.444. The van der Waals surface area contributed by atoms with Gasteiger partial charge in [0.1, 0.15) is 0 Å². The number of nitrogens with zero attached hydrogens (tertiary/aromatic N) is 1.